The average Bonchev–Trinajstić information content (AvgIpc) is 2.38. The first-order chi connectivity index (χ1) is 8.48. The Kier molecular flexibility index (Phi) is 4.37. The second-order valence-electron chi connectivity index (χ2n) is 7.10. The fourth-order valence-electron chi connectivity index (χ4n) is 3.39. The fraction of sp³-hybridized carbons (Fsp3) is 0.875. The van der Waals surface area contributed by atoms with E-state index >= 15 is 0 Å². The molecule has 1 aliphatic heterocycles. The molecule has 1 heterocycles. The second-order valence-corrected chi connectivity index (χ2v) is 7.10. The molecule has 1 saturated carbocycles. The zero-order valence-electron chi connectivity index (χ0n) is 12.2. The van der Waals surface area contributed by atoms with Gasteiger partial charge in [0.2, 0.25) is 0 Å². The predicted octanol–water partition coefficient (Wildman–Crippen LogP) is 3.86. The SMILES string of the molecule is CC(C)(C)C1CCC(C(N)C2=CCCCO2)CC1. The molecule has 0 amide bonds. The van der Waals surface area contributed by atoms with Gasteiger partial charge in [0.15, 0.2) is 0 Å². The Hall–Kier alpha value is -0.500. The van der Waals surface area contributed by atoms with Crippen molar-refractivity contribution >= 4 is 0 Å². The van der Waals surface area contributed by atoms with E-state index in [0.717, 1.165) is 31.1 Å². The quantitative estimate of drug-likeness (QED) is 0.809. The van der Waals surface area contributed by atoms with Crippen molar-refractivity contribution in [2.24, 2.45) is 23.0 Å². The van der Waals surface area contributed by atoms with Crippen molar-refractivity contribution in [3.05, 3.63) is 11.8 Å². The van der Waals surface area contributed by atoms with Gasteiger partial charge in [-0.25, -0.2) is 0 Å². The molecule has 0 aromatic rings. The monoisotopic (exact) mass is 251 g/mol. The van der Waals surface area contributed by atoms with Gasteiger partial charge >= 0.3 is 0 Å². The summed E-state index contributed by atoms with van der Waals surface area (Å²) in [6, 6.07) is 0.145. The summed E-state index contributed by atoms with van der Waals surface area (Å²) in [6.07, 6.45) is 9.69. The Morgan fingerprint density at radius 1 is 1.22 bits per heavy atom. The van der Waals surface area contributed by atoms with Crippen molar-refractivity contribution in [1.82, 2.24) is 0 Å². The molecular formula is C16H29NO. The van der Waals surface area contributed by atoms with Crippen molar-refractivity contribution in [2.45, 2.75) is 65.3 Å². The van der Waals surface area contributed by atoms with Crippen molar-refractivity contribution in [1.29, 1.82) is 0 Å². The molecule has 0 bridgehead atoms. The van der Waals surface area contributed by atoms with Crippen LogP contribution < -0.4 is 5.73 Å². The average molecular weight is 251 g/mol. The minimum Gasteiger partial charge on any atom is -0.497 e. The van der Waals surface area contributed by atoms with Crippen LogP contribution in [0.25, 0.3) is 0 Å². The molecular weight excluding hydrogens is 222 g/mol. The maximum atomic E-state index is 6.38. The van der Waals surface area contributed by atoms with Crippen LogP contribution in [-0.4, -0.2) is 12.6 Å². The van der Waals surface area contributed by atoms with Crippen molar-refractivity contribution < 1.29 is 4.74 Å². The van der Waals surface area contributed by atoms with Crippen LogP contribution in [0.3, 0.4) is 0 Å². The lowest BCUT2D eigenvalue weighted by Crippen LogP contribution is -2.38. The second kappa shape index (κ2) is 5.64. The van der Waals surface area contributed by atoms with Crippen molar-refractivity contribution in [3.8, 4) is 0 Å². The fourth-order valence-corrected chi connectivity index (χ4v) is 3.39. The number of hydrogen-bond donors (Lipinski definition) is 1. The molecule has 104 valence electrons. The van der Waals surface area contributed by atoms with Crippen LogP contribution in [-0.2, 0) is 4.74 Å². The molecule has 18 heavy (non-hydrogen) atoms. The predicted molar refractivity (Wildman–Crippen MR) is 76.1 cm³/mol. The molecule has 0 aromatic heterocycles. The van der Waals surface area contributed by atoms with Crippen LogP contribution in [0.5, 0.6) is 0 Å². The third kappa shape index (κ3) is 3.28. The van der Waals surface area contributed by atoms with Crippen LogP contribution in [0.4, 0.5) is 0 Å². The highest BCUT2D eigenvalue weighted by Gasteiger charge is 2.33. The molecule has 2 rings (SSSR count). The molecule has 0 spiro atoms. The van der Waals surface area contributed by atoms with E-state index in [4.69, 9.17) is 10.5 Å². The number of allylic oxidation sites excluding steroid dienone is 1. The number of hydrogen-bond acceptors (Lipinski definition) is 2. The number of ether oxygens (including phenoxy) is 1. The summed E-state index contributed by atoms with van der Waals surface area (Å²) < 4.78 is 5.72. The van der Waals surface area contributed by atoms with Gasteiger partial charge in [-0.1, -0.05) is 20.8 Å². The number of rotatable bonds is 2. The van der Waals surface area contributed by atoms with Crippen molar-refractivity contribution in [3.63, 3.8) is 0 Å². The molecule has 2 aliphatic rings. The maximum Gasteiger partial charge on any atom is 0.109 e. The molecule has 1 unspecified atom stereocenters. The Morgan fingerprint density at radius 2 is 1.89 bits per heavy atom. The first-order valence-corrected chi connectivity index (χ1v) is 7.57. The molecule has 1 atom stereocenters. The lowest BCUT2D eigenvalue weighted by Gasteiger charge is -2.39. The Labute approximate surface area is 112 Å². The van der Waals surface area contributed by atoms with E-state index in [-0.39, 0.29) is 6.04 Å². The van der Waals surface area contributed by atoms with E-state index in [1.54, 1.807) is 0 Å². The summed E-state index contributed by atoms with van der Waals surface area (Å²) >= 11 is 0. The topological polar surface area (TPSA) is 35.2 Å². The van der Waals surface area contributed by atoms with Gasteiger partial charge < -0.3 is 10.5 Å². The Balaban J connectivity index is 1.87. The van der Waals surface area contributed by atoms with Gasteiger partial charge in [-0.15, -0.1) is 0 Å². The smallest absolute Gasteiger partial charge is 0.109 e. The van der Waals surface area contributed by atoms with Gasteiger partial charge in [0.25, 0.3) is 0 Å². The lowest BCUT2D eigenvalue weighted by molar-refractivity contribution is 0.116. The Morgan fingerprint density at radius 3 is 2.39 bits per heavy atom. The van der Waals surface area contributed by atoms with Gasteiger partial charge in [-0.2, -0.15) is 0 Å². The summed E-state index contributed by atoms with van der Waals surface area (Å²) in [7, 11) is 0. The van der Waals surface area contributed by atoms with Crippen LogP contribution >= 0.6 is 0 Å². The standard InChI is InChI=1S/C16H29NO/c1-16(2,3)13-9-7-12(8-10-13)15(17)14-6-4-5-11-18-14/h6,12-13,15H,4-5,7-11,17H2,1-3H3. The minimum atomic E-state index is 0.145. The van der Waals surface area contributed by atoms with Gasteiger partial charge in [0, 0.05) is 0 Å². The summed E-state index contributed by atoms with van der Waals surface area (Å²) in [5, 5.41) is 0. The van der Waals surface area contributed by atoms with Crippen LogP contribution in [0.1, 0.15) is 59.3 Å². The molecule has 0 aromatic carbocycles. The van der Waals surface area contributed by atoms with E-state index in [2.05, 4.69) is 26.8 Å². The van der Waals surface area contributed by atoms with Gasteiger partial charge in [0.05, 0.1) is 12.6 Å². The summed E-state index contributed by atoms with van der Waals surface area (Å²) in [4.78, 5) is 0. The highest BCUT2D eigenvalue weighted by molar-refractivity contribution is 5.07. The zero-order valence-corrected chi connectivity index (χ0v) is 12.2. The van der Waals surface area contributed by atoms with E-state index in [1.807, 2.05) is 0 Å². The summed E-state index contributed by atoms with van der Waals surface area (Å²) in [5.41, 5.74) is 6.84. The van der Waals surface area contributed by atoms with Crippen molar-refractivity contribution in [2.75, 3.05) is 6.61 Å². The largest absolute Gasteiger partial charge is 0.497 e. The molecule has 1 aliphatic carbocycles. The van der Waals surface area contributed by atoms with E-state index in [9.17, 15) is 0 Å². The van der Waals surface area contributed by atoms with Gasteiger partial charge in [-0.3, -0.25) is 0 Å². The normalized spacial score (nSPS) is 31.4. The minimum absolute atomic E-state index is 0.145. The van der Waals surface area contributed by atoms with Gasteiger partial charge in [0.1, 0.15) is 5.76 Å². The van der Waals surface area contributed by atoms with Gasteiger partial charge in [-0.05, 0) is 61.9 Å². The number of nitrogens with two attached hydrogens (primary N) is 1. The molecule has 2 nitrogen and oxygen atoms in total. The van der Waals surface area contributed by atoms with E-state index in [1.165, 1.54) is 25.7 Å². The third-order valence-corrected chi connectivity index (χ3v) is 4.80. The Bertz CT molecular complexity index is 295. The molecule has 0 radical (unpaired) electrons. The van der Waals surface area contributed by atoms with Crippen LogP contribution in [0, 0.1) is 17.3 Å². The van der Waals surface area contributed by atoms with Crippen LogP contribution in [0.15, 0.2) is 11.8 Å². The highest BCUT2D eigenvalue weighted by Crippen LogP contribution is 2.41. The zero-order chi connectivity index (χ0) is 13.2. The van der Waals surface area contributed by atoms with E-state index < -0.39 is 0 Å². The third-order valence-electron chi connectivity index (χ3n) is 4.80. The molecule has 0 saturated heterocycles. The van der Waals surface area contributed by atoms with E-state index in [0.29, 0.717) is 11.3 Å². The molecule has 2 N–H and O–H groups in total. The summed E-state index contributed by atoms with van der Waals surface area (Å²) in [5.74, 6) is 2.57. The van der Waals surface area contributed by atoms with Crippen LogP contribution in [0.2, 0.25) is 0 Å². The lowest BCUT2D eigenvalue weighted by atomic mass is 9.68. The first kappa shape index (κ1) is 13.9. The summed E-state index contributed by atoms with van der Waals surface area (Å²) in [6.45, 7) is 7.96. The highest BCUT2D eigenvalue weighted by atomic mass is 16.5. The first-order valence-electron chi connectivity index (χ1n) is 7.57. The molecule has 1 fully saturated rings. The molecule has 2 heteroatoms. The maximum absolute atomic E-state index is 6.38.